The summed E-state index contributed by atoms with van der Waals surface area (Å²) in [5.74, 6) is 0.632. The van der Waals surface area contributed by atoms with Crippen LogP contribution in [0.15, 0.2) is 6.07 Å². The average molecular weight is 235 g/mol. The zero-order valence-corrected chi connectivity index (χ0v) is 11.6. The van der Waals surface area contributed by atoms with Crippen LogP contribution in [0.1, 0.15) is 29.8 Å². The Balaban J connectivity index is 2.03. The standard InChI is InChI=1S/C14H25N3/c1-11(10-17-7-5-15-6-8-17)14-9-12(2)16(4)13(14)3/h9,11,15H,5-8,10H2,1-4H3. The van der Waals surface area contributed by atoms with Gasteiger partial charge < -0.3 is 14.8 Å². The van der Waals surface area contributed by atoms with Crippen LogP contribution in [0.5, 0.6) is 0 Å². The Kier molecular flexibility index (Phi) is 3.89. The summed E-state index contributed by atoms with van der Waals surface area (Å²) in [7, 11) is 2.16. The monoisotopic (exact) mass is 235 g/mol. The summed E-state index contributed by atoms with van der Waals surface area (Å²) >= 11 is 0. The second-order valence-corrected chi connectivity index (χ2v) is 5.34. The lowest BCUT2D eigenvalue weighted by molar-refractivity contribution is 0.230. The Labute approximate surface area is 105 Å². The minimum atomic E-state index is 0.632. The molecule has 0 amide bonds. The molecule has 0 aromatic carbocycles. The summed E-state index contributed by atoms with van der Waals surface area (Å²) in [6.45, 7) is 12.6. The van der Waals surface area contributed by atoms with Gasteiger partial charge in [-0.2, -0.15) is 0 Å². The lowest BCUT2D eigenvalue weighted by atomic mass is 10.0. The van der Waals surface area contributed by atoms with E-state index in [0.29, 0.717) is 5.92 Å². The highest BCUT2D eigenvalue weighted by molar-refractivity contribution is 5.29. The van der Waals surface area contributed by atoms with Gasteiger partial charge in [0.05, 0.1) is 0 Å². The Morgan fingerprint density at radius 2 is 1.94 bits per heavy atom. The molecule has 3 heteroatoms. The molecule has 1 unspecified atom stereocenters. The molecule has 0 spiro atoms. The topological polar surface area (TPSA) is 20.2 Å². The van der Waals surface area contributed by atoms with Gasteiger partial charge in [0.15, 0.2) is 0 Å². The number of piperazine rings is 1. The molecule has 0 radical (unpaired) electrons. The molecule has 1 N–H and O–H groups in total. The molecule has 0 saturated carbocycles. The van der Waals surface area contributed by atoms with E-state index in [1.165, 1.54) is 36.6 Å². The number of aryl methyl sites for hydroxylation is 1. The van der Waals surface area contributed by atoms with Crippen molar-refractivity contribution in [2.24, 2.45) is 7.05 Å². The van der Waals surface area contributed by atoms with Crippen LogP contribution in [0.4, 0.5) is 0 Å². The van der Waals surface area contributed by atoms with Crippen LogP contribution in [-0.4, -0.2) is 42.2 Å². The molecule has 2 heterocycles. The third-order valence-corrected chi connectivity index (χ3v) is 4.09. The maximum Gasteiger partial charge on any atom is 0.0178 e. The lowest BCUT2D eigenvalue weighted by Gasteiger charge is -2.29. The fourth-order valence-corrected chi connectivity index (χ4v) is 2.76. The molecular formula is C14H25N3. The first-order valence-electron chi connectivity index (χ1n) is 6.65. The van der Waals surface area contributed by atoms with Gasteiger partial charge in [0.25, 0.3) is 0 Å². The molecule has 96 valence electrons. The second kappa shape index (κ2) is 5.23. The summed E-state index contributed by atoms with van der Waals surface area (Å²) in [4.78, 5) is 2.57. The number of rotatable bonds is 3. The van der Waals surface area contributed by atoms with Crippen LogP contribution in [0.2, 0.25) is 0 Å². The maximum atomic E-state index is 3.41. The molecule has 17 heavy (non-hydrogen) atoms. The van der Waals surface area contributed by atoms with Crippen molar-refractivity contribution in [3.05, 3.63) is 23.0 Å². The molecule has 0 bridgehead atoms. The van der Waals surface area contributed by atoms with Crippen molar-refractivity contribution in [2.45, 2.75) is 26.7 Å². The minimum absolute atomic E-state index is 0.632. The van der Waals surface area contributed by atoms with Gasteiger partial charge in [-0.25, -0.2) is 0 Å². The lowest BCUT2D eigenvalue weighted by Crippen LogP contribution is -2.44. The van der Waals surface area contributed by atoms with Gasteiger partial charge in [0, 0.05) is 51.2 Å². The van der Waals surface area contributed by atoms with E-state index in [4.69, 9.17) is 0 Å². The van der Waals surface area contributed by atoms with Gasteiger partial charge in [-0.15, -0.1) is 0 Å². The van der Waals surface area contributed by atoms with Crippen LogP contribution >= 0.6 is 0 Å². The van der Waals surface area contributed by atoms with E-state index in [2.05, 4.69) is 48.7 Å². The molecular weight excluding hydrogens is 210 g/mol. The van der Waals surface area contributed by atoms with Gasteiger partial charge in [0.2, 0.25) is 0 Å². The zero-order chi connectivity index (χ0) is 12.4. The van der Waals surface area contributed by atoms with Gasteiger partial charge in [-0.05, 0) is 31.4 Å². The van der Waals surface area contributed by atoms with Crippen molar-refractivity contribution in [3.63, 3.8) is 0 Å². The third kappa shape index (κ3) is 2.72. The predicted octanol–water partition coefficient (Wildman–Crippen LogP) is 1.65. The smallest absolute Gasteiger partial charge is 0.0178 e. The average Bonchev–Trinajstić information content (AvgIpc) is 2.58. The molecule has 3 nitrogen and oxygen atoms in total. The van der Waals surface area contributed by atoms with E-state index in [9.17, 15) is 0 Å². The summed E-state index contributed by atoms with van der Waals surface area (Å²) in [5.41, 5.74) is 4.30. The highest BCUT2D eigenvalue weighted by atomic mass is 15.2. The largest absolute Gasteiger partial charge is 0.352 e. The Bertz CT molecular complexity index is 375. The Hall–Kier alpha value is -0.800. The molecule has 1 aliphatic rings. The quantitative estimate of drug-likeness (QED) is 0.859. The fourth-order valence-electron chi connectivity index (χ4n) is 2.76. The van der Waals surface area contributed by atoms with E-state index in [0.717, 1.165) is 13.1 Å². The molecule has 1 aromatic rings. The number of aromatic nitrogens is 1. The van der Waals surface area contributed by atoms with Gasteiger partial charge in [-0.1, -0.05) is 6.92 Å². The first kappa shape index (κ1) is 12.7. The van der Waals surface area contributed by atoms with Gasteiger partial charge in [-0.3, -0.25) is 0 Å². The van der Waals surface area contributed by atoms with Crippen LogP contribution in [0.25, 0.3) is 0 Å². The molecule has 1 saturated heterocycles. The van der Waals surface area contributed by atoms with E-state index in [1.54, 1.807) is 0 Å². The van der Waals surface area contributed by atoms with Gasteiger partial charge >= 0.3 is 0 Å². The second-order valence-electron chi connectivity index (χ2n) is 5.34. The highest BCUT2D eigenvalue weighted by Gasteiger charge is 2.17. The first-order chi connectivity index (χ1) is 8.09. The minimum Gasteiger partial charge on any atom is -0.352 e. The molecule has 1 fully saturated rings. The van der Waals surface area contributed by atoms with Crippen LogP contribution in [0.3, 0.4) is 0 Å². The summed E-state index contributed by atoms with van der Waals surface area (Å²) in [6, 6.07) is 2.35. The van der Waals surface area contributed by atoms with Crippen molar-refractivity contribution >= 4 is 0 Å². The Morgan fingerprint density at radius 3 is 2.47 bits per heavy atom. The van der Waals surface area contributed by atoms with Crippen molar-refractivity contribution < 1.29 is 0 Å². The molecule has 1 aliphatic heterocycles. The van der Waals surface area contributed by atoms with E-state index in [1.807, 2.05) is 0 Å². The normalized spacial score (nSPS) is 19.5. The van der Waals surface area contributed by atoms with Crippen molar-refractivity contribution in [3.8, 4) is 0 Å². The summed E-state index contributed by atoms with van der Waals surface area (Å²) in [6.07, 6.45) is 0. The summed E-state index contributed by atoms with van der Waals surface area (Å²) < 4.78 is 2.30. The van der Waals surface area contributed by atoms with Crippen molar-refractivity contribution in [2.75, 3.05) is 32.7 Å². The number of nitrogens with zero attached hydrogens (tertiary/aromatic N) is 2. The number of hydrogen-bond acceptors (Lipinski definition) is 2. The van der Waals surface area contributed by atoms with E-state index in [-0.39, 0.29) is 0 Å². The van der Waals surface area contributed by atoms with Crippen LogP contribution in [0, 0.1) is 13.8 Å². The van der Waals surface area contributed by atoms with E-state index >= 15 is 0 Å². The molecule has 1 atom stereocenters. The number of nitrogens with one attached hydrogen (secondary N) is 1. The van der Waals surface area contributed by atoms with Gasteiger partial charge in [0.1, 0.15) is 0 Å². The van der Waals surface area contributed by atoms with Crippen LogP contribution in [-0.2, 0) is 7.05 Å². The SMILES string of the molecule is Cc1cc(C(C)CN2CCNCC2)c(C)n1C. The van der Waals surface area contributed by atoms with Crippen molar-refractivity contribution in [1.29, 1.82) is 0 Å². The zero-order valence-electron chi connectivity index (χ0n) is 11.6. The molecule has 0 aliphatic carbocycles. The number of hydrogen-bond donors (Lipinski definition) is 1. The third-order valence-electron chi connectivity index (χ3n) is 4.09. The molecule has 2 rings (SSSR count). The van der Waals surface area contributed by atoms with Crippen LogP contribution < -0.4 is 5.32 Å². The molecule has 1 aromatic heterocycles. The highest BCUT2D eigenvalue weighted by Crippen LogP contribution is 2.23. The fraction of sp³-hybridized carbons (Fsp3) is 0.714. The first-order valence-corrected chi connectivity index (χ1v) is 6.65. The predicted molar refractivity (Wildman–Crippen MR) is 72.6 cm³/mol. The van der Waals surface area contributed by atoms with Crippen molar-refractivity contribution in [1.82, 2.24) is 14.8 Å². The Morgan fingerprint density at radius 1 is 1.29 bits per heavy atom. The summed E-state index contributed by atoms with van der Waals surface area (Å²) in [5, 5.41) is 3.41. The maximum absolute atomic E-state index is 3.41. The van der Waals surface area contributed by atoms with E-state index < -0.39 is 0 Å².